The molecule has 0 saturated heterocycles. The van der Waals surface area contributed by atoms with E-state index in [0.29, 0.717) is 17.6 Å². The summed E-state index contributed by atoms with van der Waals surface area (Å²) in [5.41, 5.74) is 5.53. The van der Waals surface area contributed by atoms with Crippen LogP contribution in [0.5, 0.6) is 0 Å². The maximum atomic E-state index is 11.6. The lowest BCUT2D eigenvalue weighted by atomic mass is 9.92. The minimum atomic E-state index is 0.430. The van der Waals surface area contributed by atoms with Gasteiger partial charge in [-0.2, -0.15) is 0 Å². The monoisotopic (exact) mass is 213 g/mol. The van der Waals surface area contributed by atoms with Gasteiger partial charge in [-0.05, 0) is 31.2 Å². The summed E-state index contributed by atoms with van der Waals surface area (Å²) in [6.45, 7) is 7.22. The van der Waals surface area contributed by atoms with E-state index in [1.165, 1.54) is 0 Å². The van der Waals surface area contributed by atoms with E-state index in [0.717, 1.165) is 45.1 Å². The van der Waals surface area contributed by atoms with Gasteiger partial charge < -0.3 is 5.73 Å². The Morgan fingerprint density at radius 2 is 1.87 bits per heavy atom. The number of carbonyl (C=O) groups excluding carboxylic acids is 1. The standard InChI is InChI=1S/C13H27NO/c1-4-11(3)10-13(15)7-6-12(5-2)8-9-14/h11-12H,4-10,14H2,1-3H3. The number of hydrogen-bond donors (Lipinski definition) is 1. The molecule has 0 aliphatic carbocycles. The van der Waals surface area contributed by atoms with Gasteiger partial charge >= 0.3 is 0 Å². The maximum absolute atomic E-state index is 11.6. The fourth-order valence-electron chi connectivity index (χ4n) is 1.79. The molecular formula is C13H27NO. The largest absolute Gasteiger partial charge is 0.330 e. The van der Waals surface area contributed by atoms with Gasteiger partial charge in [0, 0.05) is 12.8 Å². The number of hydrogen-bond acceptors (Lipinski definition) is 2. The van der Waals surface area contributed by atoms with Gasteiger partial charge in [0.05, 0.1) is 0 Å². The molecule has 0 aromatic heterocycles. The maximum Gasteiger partial charge on any atom is 0.133 e. The van der Waals surface area contributed by atoms with Gasteiger partial charge in [-0.1, -0.05) is 33.6 Å². The van der Waals surface area contributed by atoms with Crippen LogP contribution in [0.3, 0.4) is 0 Å². The summed E-state index contributed by atoms with van der Waals surface area (Å²) in [4.78, 5) is 11.6. The molecule has 2 heteroatoms. The summed E-state index contributed by atoms with van der Waals surface area (Å²) in [7, 11) is 0. The Labute approximate surface area is 94.6 Å². The molecule has 0 aromatic carbocycles. The normalized spacial score (nSPS) is 14.9. The quantitative estimate of drug-likeness (QED) is 0.639. The van der Waals surface area contributed by atoms with Gasteiger partial charge in [-0.3, -0.25) is 4.79 Å². The highest BCUT2D eigenvalue weighted by atomic mass is 16.1. The molecule has 0 fully saturated rings. The Bertz CT molecular complexity index is 168. The molecule has 0 bridgehead atoms. The highest BCUT2D eigenvalue weighted by Gasteiger charge is 2.11. The first kappa shape index (κ1) is 14.6. The first-order valence-corrected chi connectivity index (χ1v) is 6.35. The lowest BCUT2D eigenvalue weighted by Crippen LogP contribution is -2.11. The highest BCUT2D eigenvalue weighted by molar-refractivity contribution is 5.78. The van der Waals surface area contributed by atoms with Crippen molar-refractivity contribution in [3.8, 4) is 0 Å². The van der Waals surface area contributed by atoms with Crippen molar-refractivity contribution >= 4 is 5.78 Å². The smallest absolute Gasteiger partial charge is 0.133 e. The van der Waals surface area contributed by atoms with Gasteiger partial charge in [0.15, 0.2) is 0 Å². The zero-order valence-corrected chi connectivity index (χ0v) is 10.6. The van der Waals surface area contributed by atoms with Crippen molar-refractivity contribution in [1.29, 1.82) is 0 Å². The lowest BCUT2D eigenvalue weighted by Gasteiger charge is -2.13. The minimum Gasteiger partial charge on any atom is -0.330 e. The second-order valence-corrected chi connectivity index (χ2v) is 4.65. The molecule has 15 heavy (non-hydrogen) atoms. The Morgan fingerprint density at radius 3 is 2.33 bits per heavy atom. The van der Waals surface area contributed by atoms with Crippen molar-refractivity contribution in [3.63, 3.8) is 0 Å². The summed E-state index contributed by atoms with van der Waals surface area (Å²) >= 11 is 0. The summed E-state index contributed by atoms with van der Waals surface area (Å²) in [6, 6.07) is 0. The molecule has 0 heterocycles. The second-order valence-electron chi connectivity index (χ2n) is 4.65. The third kappa shape index (κ3) is 7.55. The average Bonchev–Trinajstić information content (AvgIpc) is 2.23. The fraction of sp³-hybridized carbons (Fsp3) is 0.923. The Kier molecular flexibility index (Phi) is 8.68. The summed E-state index contributed by atoms with van der Waals surface area (Å²) in [5.74, 6) is 1.63. The Morgan fingerprint density at radius 1 is 1.20 bits per heavy atom. The predicted octanol–water partition coefficient (Wildman–Crippen LogP) is 3.15. The van der Waals surface area contributed by atoms with Gasteiger partial charge in [0.25, 0.3) is 0 Å². The third-order valence-electron chi connectivity index (χ3n) is 3.26. The fourth-order valence-corrected chi connectivity index (χ4v) is 1.79. The highest BCUT2D eigenvalue weighted by Crippen LogP contribution is 2.17. The van der Waals surface area contributed by atoms with E-state index in [-0.39, 0.29) is 0 Å². The van der Waals surface area contributed by atoms with Gasteiger partial charge in [-0.25, -0.2) is 0 Å². The van der Waals surface area contributed by atoms with Crippen LogP contribution in [0.1, 0.15) is 59.3 Å². The van der Waals surface area contributed by atoms with Crippen molar-refractivity contribution in [2.24, 2.45) is 17.6 Å². The predicted molar refractivity (Wildman–Crippen MR) is 65.8 cm³/mol. The molecule has 0 rings (SSSR count). The van der Waals surface area contributed by atoms with E-state index < -0.39 is 0 Å². The molecular weight excluding hydrogens is 186 g/mol. The van der Waals surface area contributed by atoms with Crippen LogP contribution in [-0.2, 0) is 4.79 Å². The number of ketones is 1. The Balaban J connectivity index is 3.68. The van der Waals surface area contributed by atoms with E-state index >= 15 is 0 Å². The molecule has 2 atom stereocenters. The van der Waals surface area contributed by atoms with E-state index in [1.807, 2.05) is 0 Å². The van der Waals surface area contributed by atoms with Crippen LogP contribution in [0.2, 0.25) is 0 Å². The molecule has 0 saturated carbocycles. The molecule has 2 unspecified atom stereocenters. The number of carbonyl (C=O) groups is 1. The molecule has 0 aliphatic rings. The van der Waals surface area contributed by atoms with Crippen LogP contribution < -0.4 is 5.73 Å². The van der Waals surface area contributed by atoms with Gasteiger partial charge in [0.1, 0.15) is 5.78 Å². The molecule has 0 aromatic rings. The number of Topliss-reactive ketones (excluding diaryl/α,β-unsaturated/α-hetero) is 1. The third-order valence-corrected chi connectivity index (χ3v) is 3.26. The number of rotatable bonds is 9. The van der Waals surface area contributed by atoms with Crippen molar-refractivity contribution in [2.45, 2.75) is 59.3 Å². The van der Waals surface area contributed by atoms with Crippen molar-refractivity contribution < 1.29 is 4.79 Å². The zero-order valence-electron chi connectivity index (χ0n) is 10.6. The lowest BCUT2D eigenvalue weighted by molar-refractivity contribution is -0.120. The van der Waals surface area contributed by atoms with Crippen LogP contribution in [0.15, 0.2) is 0 Å². The summed E-state index contributed by atoms with van der Waals surface area (Å²) < 4.78 is 0. The molecule has 0 aliphatic heterocycles. The topological polar surface area (TPSA) is 43.1 Å². The SMILES string of the molecule is CCC(C)CC(=O)CCC(CC)CCN. The van der Waals surface area contributed by atoms with E-state index in [4.69, 9.17) is 5.73 Å². The van der Waals surface area contributed by atoms with E-state index in [2.05, 4.69) is 20.8 Å². The minimum absolute atomic E-state index is 0.430. The van der Waals surface area contributed by atoms with E-state index in [9.17, 15) is 4.79 Å². The van der Waals surface area contributed by atoms with Crippen molar-refractivity contribution in [2.75, 3.05) is 6.54 Å². The van der Waals surface area contributed by atoms with Gasteiger partial charge in [0.2, 0.25) is 0 Å². The van der Waals surface area contributed by atoms with Crippen LogP contribution in [0.25, 0.3) is 0 Å². The van der Waals surface area contributed by atoms with Crippen LogP contribution in [0, 0.1) is 11.8 Å². The van der Waals surface area contributed by atoms with Crippen LogP contribution in [0.4, 0.5) is 0 Å². The Hall–Kier alpha value is -0.370. The van der Waals surface area contributed by atoms with Gasteiger partial charge in [-0.15, -0.1) is 0 Å². The number of nitrogens with two attached hydrogens (primary N) is 1. The van der Waals surface area contributed by atoms with E-state index in [1.54, 1.807) is 0 Å². The summed E-state index contributed by atoms with van der Waals surface area (Å²) in [5, 5.41) is 0. The molecule has 0 spiro atoms. The average molecular weight is 213 g/mol. The first-order valence-electron chi connectivity index (χ1n) is 6.35. The van der Waals surface area contributed by atoms with Crippen molar-refractivity contribution in [1.82, 2.24) is 0 Å². The van der Waals surface area contributed by atoms with Crippen molar-refractivity contribution in [3.05, 3.63) is 0 Å². The summed E-state index contributed by atoms with van der Waals surface area (Å²) in [6.07, 6.45) is 5.86. The molecule has 2 N–H and O–H groups in total. The first-order chi connectivity index (χ1) is 7.13. The molecule has 90 valence electrons. The molecule has 0 radical (unpaired) electrons. The molecule has 0 amide bonds. The molecule has 2 nitrogen and oxygen atoms in total. The second kappa shape index (κ2) is 8.90. The zero-order chi connectivity index (χ0) is 11.7. The van der Waals surface area contributed by atoms with Crippen LogP contribution >= 0.6 is 0 Å². The van der Waals surface area contributed by atoms with Crippen LogP contribution in [-0.4, -0.2) is 12.3 Å².